The largest absolute Gasteiger partial charge is 0.465 e. The second-order valence-electron chi connectivity index (χ2n) is 8.93. The van der Waals surface area contributed by atoms with E-state index in [0.717, 1.165) is 12.1 Å². The fourth-order valence-corrected chi connectivity index (χ4v) is 4.58. The number of carbonyl (C=O) groups excluding carboxylic acids is 1. The van der Waals surface area contributed by atoms with Crippen LogP contribution in [0.2, 0.25) is 0 Å². The molecule has 2 saturated heterocycles. The smallest absolute Gasteiger partial charge is 0.416 e. The Balaban J connectivity index is 1.99. The zero-order valence-corrected chi connectivity index (χ0v) is 17.3. The maximum atomic E-state index is 13.7. The van der Waals surface area contributed by atoms with Crippen LogP contribution in [-0.2, 0) is 15.7 Å². The summed E-state index contributed by atoms with van der Waals surface area (Å²) in [6.07, 6.45) is -5.44. The molecular weight excluding hydrogens is 401 g/mol. The average molecular weight is 428 g/mol. The Hall–Kier alpha value is -2.29. The summed E-state index contributed by atoms with van der Waals surface area (Å²) >= 11 is 0. The third kappa shape index (κ3) is 3.87. The Morgan fingerprint density at radius 3 is 2.13 bits per heavy atom. The van der Waals surface area contributed by atoms with E-state index in [1.165, 1.54) is 17.0 Å². The van der Waals surface area contributed by atoms with Gasteiger partial charge in [-0.25, -0.2) is 4.79 Å². The third-order valence-corrected chi connectivity index (χ3v) is 6.24. The molecule has 166 valence electrons. The molecule has 1 aromatic carbocycles. The fourth-order valence-electron chi connectivity index (χ4n) is 4.58. The molecule has 3 rings (SSSR count). The summed E-state index contributed by atoms with van der Waals surface area (Å²) in [7, 11) is 0. The lowest BCUT2D eigenvalue weighted by Gasteiger charge is -2.48. The molecule has 9 heteroatoms. The van der Waals surface area contributed by atoms with E-state index >= 15 is 0 Å². The summed E-state index contributed by atoms with van der Waals surface area (Å²) in [5.74, 6) is -0.650. The molecule has 2 amide bonds. The van der Waals surface area contributed by atoms with Crippen LogP contribution in [0.4, 0.5) is 18.0 Å². The highest BCUT2D eigenvalue weighted by Crippen LogP contribution is 2.50. The van der Waals surface area contributed by atoms with Gasteiger partial charge in [-0.15, -0.1) is 0 Å². The van der Waals surface area contributed by atoms with Gasteiger partial charge in [-0.05, 0) is 29.5 Å². The topological polar surface area (TPSA) is 70.1 Å². The van der Waals surface area contributed by atoms with Crippen molar-refractivity contribution in [2.45, 2.75) is 44.8 Å². The zero-order valence-electron chi connectivity index (χ0n) is 17.3. The van der Waals surface area contributed by atoms with Crippen LogP contribution < -0.4 is 0 Å². The molecule has 0 aromatic heterocycles. The number of carboxylic acid groups (broad SMARTS) is 1. The van der Waals surface area contributed by atoms with E-state index in [2.05, 4.69) is 0 Å². The second kappa shape index (κ2) is 7.76. The molecule has 2 heterocycles. The van der Waals surface area contributed by atoms with Crippen molar-refractivity contribution in [3.63, 3.8) is 0 Å². The summed E-state index contributed by atoms with van der Waals surface area (Å²) in [4.78, 5) is 28.7. The van der Waals surface area contributed by atoms with Crippen LogP contribution in [0, 0.1) is 5.41 Å². The van der Waals surface area contributed by atoms with Gasteiger partial charge < -0.3 is 14.7 Å². The first-order valence-electron chi connectivity index (χ1n) is 9.93. The van der Waals surface area contributed by atoms with Gasteiger partial charge in [-0.1, -0.05) is 32.9 Å². The van der Waals surface area contributed by atoms with Crippen LogP contribution in [0.1, 0.15) is 44.2 Å². The molecule has 0 spiro atoms. The zero-order chi connectivity index (χ0) is 22.3. The predicted molar refractivity (Wildman–Crippen MR) is 103 cm³/mol. The van der Waals surface area contributed by atoms with Crippen molar-refractivity contribution in [2.75, 3.05) is 32.8 Å². The molecule has 1 N–H and O–H groups in total. The van der Waals surface area contributed by atoms with Gasteiger partial charge in [0.05, 0.1) is 18.8 Å². The van der Waals surface area contributed by atoms with Crippen molar-refractivity contribution in [1.29, 1.82) is 0 Å². The summed E-state index contributed by atoms with van der Waals surface area (Å²) in [5, 5.41) is 9.96. The molecule has 2 aliphatic rings. The van der Waals surface area contributed by atoms with Gasteiger partial charge in [0.15, 0.2) is 0 Å². The Morgan fingerprint density at radius 1 is 1.10 bits per heavy atom. The summed E-state index contributed by atoms with van der Waals surface area (Å²) in [6.45, 7) is 7.09. The Kier molecular flexibility index (Phi) is 5.79. The van der Waals surface area contributed by atoms with Gasteiger partial charge in [-0.3, -0.25) is 9.69 Å². The minimum Gasteiger partial charge on any atom is -0.465 e. The van der Waals surface area contributed by atoms with E-state index < -0.39 is 28.8 Å². The lowest BCUT2D eigenvalue weighted by Crippen LogP contribution is -2.65. The Morgan fingerprint density at radius 2 is 1.67 bits per heavy atom. The summed E-state index contributed by atoms with van der Waals surface area (Å²) in [6, 6.07) is 4.76. The molecule has 0 radical (unpaired) electrons. The van der Waals surface area contributed by atoms with Gasteiger partial charge in [0.25, 0.3) is 0 Å². The predicted octanol–water partition coefficient (Wildman–Crippen LogP) is 3.82. The second-order valence-corrected chi connectivity index (χ2v) is 8.93. The van der Waals surface area contributed by atoms with Crippen LogP contribution >= 0.6 is 0 Å². The van der Waals surface area contributed by atoms with E-state index in [1.54, 1.807) is 4.90 Å². The first-order valence-corrected chi connectivity index (χ1v) is 9.93. The van der Waals surface area contributed by atoms with Gasteiger partial charge in [-0.2, -0.15) is 13.2 Å². The number of hydrogen-bond donors (Lipinski definition) is 1. The Bertz CT molecular complexity index is 798. The van der Waals surface area contributed by atoms with Crippen molar-refractivity contribution in [3.05, 3.63) is 35.4 Å². The third-order valence-electron chi connectivity index (χ3n) is 6.24. The molecule has 1 unspecified atom stereocenters. The van der Waals surface area contributed by atoms with Crippen LogP contribution in [0.15, 0.2) is 24.3 Å². The van der Waals surface area contributed by atoms with Crippen LogP contribution in [0.3, 0.4) is 0 Å². The summed E-state index contributed by atoms with van der Waals surface area (Å²) in [5.41, 5.74) is -2.20. The minimum absolute atomic E-state index is 0.0497. The Labute approximate surface area is 173 Å². The van der Waals surface area contributed by atoms with Crippen molar-refractivity contribution in [1.82, 2.24) is 9.80 Å². The number of morpholine rings is 1. The minimum atomic E-state index is -4.44. The number of likely N-dealkylation sites (tertiary alicyclic amines) is 1. The molecule has 1 aromatic rings. The number of alkyl halides is 3. The highest BCUT2D eigenvalue weighted by atomic mass is 19.4. The van der Waals surface area contributed by atoms with Crippen molar-refractivity contribution in [3.8, 4) is 0 Å². The molecule has 2 fully saturated rings. The molecule has 0 aliphatic carbocycles. The fraction of sp³-hybridized carbons (Fsp3) is 0.619. The maximum Gasteiger partial charge on any atom is 0.416 e. The number of rotatable bonds is 2. The molecular formula is C21H27F3N2O4. The monoisotopic (exact) mass is 428 g/mol. The number of carbonyl (C=O) groups is 2. The quantitative estimate of drug-likeness (QED) is 0.778. The van der Waals surface area contributed by atoms with E-state index in [1.807, 2.05) is 20.8 Å². The van der Waals surface area contributed by atoms with Gasteiger partial charge >= 0.3 is 12.3 Å². The number of ether oxygens (including phenoxy) is 1. The van der Waals surface area contributed by atoms with E-state index in [-0.39, 0.29) is 24.8 Å². The SMILES string of the molecule is CC(C)(C)[C@]1(C(=O)N2CCOCC2)CC(c2ccc(C(F)(F)F)cc2)CN1C(=O)O. The molecule has 2 atom stereocenters. The van der Waals surface area contributed by atoms with E-state index in [0.29, 0.717) is 31.9 Å². The summed E-state index contributed by atoms with van der Waals surface area (Å²) < 4.78 is 44.0. The molecule has 0 bridgehead atoms. The highest BCUT2D eigenvalue weighted by molar-refractivity contribution is 5.91. The maximum absolute atomic E-state index is 13.7. The first-order chi connectivity index (χ1) is 13.9. The lowest BCUT2D eigenvalue weighted by molar-refractivity contribution is -0.153. The normalized spacial score (nSPS) is 25.5. The number of amides is 2. The van der Waals surface area contributed by atoms with Gasteiger partial charge in [0.2, 0.25) is 5.91 Å². The van der Waals surface area contributed by atoms with Crippen molar-refractivity contribution < 1.29 is 32.6 Å². The molecule has 6 nitrogen and oxygen atoms in total. The number of halogens is 3. The molecule has 0 saturated carbocycles. The number of hydrogen-bond acceptors (Lipinski definition) is 3. The van der Waals surface area contributed by atoms with Crippen molar-refractivity contribution in [2.24, 2.45) is 5.41 Å². The highest BCUT2D eigenvalue weighted by Gasteiger charge is 2.61. The van der Waals surface area contributed by atoms with Crippen LogP contribution in [-0.4, -0.2) is 65.3 Å². The number of nitrogens with zero attached hydrogens (tertiary/aromatic N) is 2. The van der Waals surface area contributed by atoms with Gasteiger partial charge in [0, 0.05) is 25.6 Å². The van der Waals surface area contributed by atoms with Crippen molar-refractivity contribution >= 4 is 12.0 Å². The van der Waals surface area contributed by atoms with Crippen LogP contribution in [0.25, 0.3) is 0 Å². The van der Waals surface area contributed by atoms with E-state index in [9.17, 15) is 27.9 Å². The van der Waals surface area contributed by atoms with E-state index in [4.69, 9.17) is 4.74 Å². The number of benzene rings is 1. The standard InChI is InChI=1S/C21H27F3N2O4/c1-19(2,3)20(17(27)25-8-10-30-11-9-25)12-15(13-26(20)18(28)29)14-4-6-16(7-5-14)21(22,23)24/h4-7,15H,8-13H2,1-3H3,(H,28,29)/t15?,20-/m1/s1. The first kappa shape index (κ1) is 22.4. The molecule has 30 heavy (non-hydrogen) atoms. The van der Waals surface area contributed by atoms with Gasteiger partial charge in [0.1, 0.15) is 5.54 Å². The lowest BCUT2D eigenvalue weighted by atomic mass is 9.69. The average Bonchev–Trinajstić information content (AvgIpc) is 3.10. The van der Waals surface area contributed by atoms with Crippen LogP contribution in [0.5, 0.6) is 0 Å². The molecule has 2 aliphatic heterocycles.